The number of rotatable bonds is 6. The van der Waals surface area contributed by atoms with Gasteiger partial charge in [-0.25, -0.2) is 0 Å². The van der Waals surface area contributed by atoms with Crippen LogP contribution in [-0.2, 0) is 11.3 Å². The maximum absolute atomic E-state index is 12.4. The maximum atomic E-state index is 12.4. The number of thioether (sulfide) groups is 1. The predicted octanol–water partition coefficient (Wildman–Crippen LogP) is 5.71. The molecule has 4 aromatic rings. The number of amides is 1. The summed E-state index contributed by atoms with van der Waals surface area (Å²) in [5.41, 5.74) is 3.76. The second kappa shape index (κ2) is 8.53. The molecule has 30 heavy (non-hydrogen) atoms. The lowest BCUT2D eigenvalue weighted by Gasteiger charge is -2.09. The van der Waals surface area contributed by atoms with Crippen molar-refractivity contribution >= 4 is 45.9 Å². The number of furan rings is 1. The number of nitrogens with zero attached hydrogens (tertiary/aromatic N) is 3. The van der Waals surface area contributed by atoms with Gasteiger partial charge in [0.05, 0.1) is 5.75 Å². The summed E-state index contributed by atoms with van der Waals surface area (Å²) in [7, 11) is 0. The van der Waals surface area contributed by atoms with Crippen molar-refractivity contribution in [2.75, 3.05) is 11.1 Å². The van der Waals surface area contributed by atoms with E-state index in [-0.39, 0.29) is 11.7 Å². The summed E-state index contributed by atoms with van der Waals surface area (Å²) >= 11 is 7.41. The Morgan fingerprint density at radius 3 is 2.77 bits per heavy atom. The molecule has 0 aliphatic rings. The van der Waals surface area contributed by atoms with Gasteiger partial charge in [-0.05, 0) is 56.7 Å². The molecule has 0 aliphatic carbocycles. The van der Waals surface area contributed by atoms with Gasteiger partial charge in [-0.3, -0.25) is 9.36 Å². The fourth-order valence-electron chi connectivity index (χ4n) is 3.26. The average molecular weight is 441 g/mol. The summed E-state index contributed by atoms with van der Waals surface area (Å²) in [4.78, 5) is 12.4. The highest BCUT2D eigenvalue weighted by Crippen LogP contribution is 2.30. The number of carbonyl (C=O) groups is 1. The summed E-state index contributed by atoms with van der Waals surface area (Å²) in [6.45, 7) is 6.67. The Bertz CT molecular complexity index is 1230. The first-order chi connectivity index (χ1) is 14.4. The van der Waals surface area contributed by atoms with Gasteiger partial charge in [0.2, 0.25) is 11.7 Å². The van der Waals surface area contributed by atoms with Gasteiger partial charge in [0.25, 0.3) is 0 Å². The van der Waals surface area contributed by atoms with Gasteiger partial charge in [-0.2, -0.15) is 0 Å². The van der Waals surface area contributed by atoms with Crippen LogP contribution in [0.15, 0.2) is 52.0 Å². The minimum absolute atomic E-state index is 0.0856. The zero-order chi connectivity index (χ0) is 21.3. The molecule has 8 heteroatoms. The molecule has 0 bridgehead atoms. The highest BCUT2D eigenvalue weighted by molar-refractivity contribution is 7.99. The molecule has 0 atom stereocenters. The molecule has 0 radical (unpaired) electrons. The highest BCUT2D eigenvalue weighted by atomic mass is 35.5. The smallest absolute Gasteiger partial charge is 0.234 e. The zero-order valence-corrected chi connectivity index (χ0v) is 18.5. The monoisotopic (exact) mass is 440 g/mol. The van der Waals surface area contributed by atoms with Crippen LogP contribution in [0.5, 0.6) is 0 Å². The lowest BCUT2D eigenvalue weighted by Crippen LogP contribution is -2.15. The largest absolute Gasteiger partial charge is 0.453 e. The molecule has 0 saturated carbocycles. The summed E-state index contributed by atoms with van der Waals surface area (Å²) in [6.07, 6.45) is 0. The van der Waals surface area contributed by atoms with Crippen molar-refractivity contribution in [3.8, 4) is 11.6 Å². The van der Waals surface area contributed by atoms with E-state index >= 15 is 0 Å². The molecule has 2 aromatic carbocycles. The number of aryl methyl sites for hydroxylation is 2. The third-order valence-corrected chi connectivity index (χ3v) is 5.92. The minimum Gasteiger partial charge on any atom is -0.453 e. The Morgan fingerprint density at radius 2 is 2.00 bits per heavy atom. The third-order valence-electron chi connectivity index (χ3n) is 4.72. The van der Waals surface area contributed by atoms with Crippen molar-refractivity contribution in [1.29, 1.82) is 0 Å². The molecule has 0 saturated heterocycles. The first kappa shape index (κ1) is 20.5. The van der Waals surface area contributed by atoms with E-state index in [1.165, 1.54) is 11.8 Å². The fourth-order valence-corrected chi connectivity index (χ4v) is 4.24. The minimum atomic E-state index is -0.0856. The highest BCUT2D eigenvalue weighted by Gasteiger charge is 2.18. The van der Waals surface area contributed by atoms with E-state index in [9.17, 15) is 4.79 Å². The quantitative estimate of drug-likeness (QED) is 0.388. The molecule has 2 aromatic heterocycles. The number of benzene rings is 2. The van der Waals surface area contributed by atoms with E-state index in [0.717, 1.165) is 27.8 Å². The van der Waals surface area contributed by atoms with Crippen molar-refractivity contribution in [3.05, 3.63) is 58.6 Å². The molecule has 4 rings (SSSR count). The second-order valence-electron chi connectivity index (χ2n) is 7.00. The van der Waals surface area contributed by atoms with Gasteiger partial charge in [-0.1, -0.05) is 41.1 Å². The SMILES string of the molecule is CCn1c(SCC(=O)Nc2ccc(C)cc2C)nnc1-c1cc2cc(Cl)ccc2o1. The molecule has 2 heterocycles. The number of halogens is 1. The van der Waals surface area contributed by atoms with Gasteiger partial charge in [-0.15, -0.1) is 10.2 Å². The molecule has 1 N–H and O–H groups in total. The van der Waals surface area contributed by atoms with Gasteiger partial charge >= 0.3 is 0 Å². The number of fused-ring (bicyclic) bond motifs is 1. The third kappa shape index (κ3) is 4.22. The summed E-state index contributed by atoms with van der Waals surface area (Å²) in [5, 5.41) is 13.7. The van der Waals surface area contributed by atoms with Crippen molar-refractivity contribution in [2.24, 2.45) is 0 Å². The average Bonchev–Trinajstić information content (AvgIpc) is 3.31. The molecule has 0 aliphatic heterocycles. The molecule has 0 unspecified atom stereocenters. The molecule has 0 fully saturated rings. The van der Waals surface area contributed by atoms with Crippen LogP contribution in [0.2, 0.25) is 5.02 Å². The van der Waals surface area contributed by atoms with Crippen LogP contribution >= 0.6 is 23.4 Å². The zero-order valence-electron chi connectivity index (χ0n) is 16.9. The van der Waals surface area contributed by atoms with Gasteiger partial charge in [0.1, 0.15) is 5.58 Å². The van der Waals surface area contributed by atoms with Crippen molar-refractivity contribution in [1.82, 2.24) is 14.8 Å². The van der Waals surface area contributed by atoms with E-state index in [4.69, 9.17) is 16.0 Å². The van der Waals surface area contributed by atoms with Crippen molar-refractivity contribution in [3.63, 3.8) is 0 Å². The number of carbonyl (C=O) groups excluding carboxylic acids is 1. The number of hydrogen-bond acceptors (Lipinski definition) is 5. The van der Waals surface area contributed by atoms with Crippen LogP contribution in [0.25, 0.3) is 22.6 Å². The number of nitrogens with one attached hydrogen (secondary N) is 1. The van der Waals surface area contributed by atoms with E-state index < -0.39 is 0 Å². The molecular formula is C22H21ClN4O2S. The first-order valence-corrected chi connectivity index (χ1v) is 10.9. The Labute approximate surface area is 183 Å². The van der Waals surface area contributed by atoms with E-state index in [1.807, 2.05) is 61.7 Å². The summed E-state index contributed by atoms with van der Waals surface area (Å²) < 4.78 is 7.86. The van der Waals surface area contributed by atoms with Crippen molar-refractivity contribution < 1.29 is 9.21 Å². The van der Waals surface area contributed by atoms with E-state index in [0.29, 0.717) is 28.3 Å². The number of anilines is 1. The standard InChI is InChI=1S/C22H21ClN4O2S/c1-4-27-21(19-11-15-10-16(23)6-8-18(15)29-19)25-26-22(27)30-12-20(28)24-17-7-5-13(2)9-14(17)3/h5-11H,4,12H2,1-3H3,(H,24,28). The van der Waals surface area contributed by atoms with Crippen LogP contribution in [0.4, 0.5) is 5.69 Å². The topological polar surface area (TPSA) is 73.0 Å². The molecule has 0 spiro atoms. The first-order valence-electron chi connectivity index (χ1n) is 9.57. The normalized spacial score (nSPS) is 11.2. The predicted molar refractivity (Wildman–Crippen MR) is 121 cm³/mol. The van der Waals surface area contributed by atoms with Crippen molar-refractivity contribution in [2.45, 2.75) is 32.5 Å². The number of hydrogen-bond donors (Lipinski definition) is 1. The number of aromatic nitrogens is 3. The van der Waals surface area contributed by atoms with Gasteiger partial charge in [0, 0.05) is 22.6 Å². The Kier molecular flexibility index (Phi) is 5.83. The Hall–Kier alpha value is -2.77. The summed E-state index contributed by atoms with van der Waals surface area (Å²) in [6, 6.07) is 13.3. The van der Waals surface area contributed by atoms with Crippen LogP contribution in [0.1, 0.15) is 18.1 Å². The van der Waals surface area contributed by atoms with Crippen LogP contribution in [0, 0.1) is 13.8 Å². The van der Waals surface area contributed by atoms with Gasteiger partial charge < -0.3 is 9.73 Å². The Morgan fingerprint density at radius 1 is 1.17 bits per heavy atom. The van der Waals surface area contributed by atoms with Gasteiger partial charge in [0.15, 0.2) is 10.9 Å². The fraction of sp³-hybridized carbons (Fsp3) is 0.227. The maximum Gasteiger partial charge on any atom is 0.234 e. The van der Waals surface area contributed by atoms with E-state index in [2.05, 4.69) is 15.5 Å². The molecule has 6 nitrogen and oxygen atoms in total. The molecule has 1 amide bonds. The molecule has 154 valence electrons. The second-order valence-corrected chi connectivity index (χ2v) is 8.38. The van der Waals surface area contributed by atoms with Crippen LogP contribution in [-0.4, -0.2) is 26.4 Å². The van der Waals surface area contributed by atoms with E-state index in [1.54, 1.807) is 6.07 Å². The Balaban J connectivity index is 1.49. The lowest BCUT2D eigenvalue weighted by atomic mass is 10.1. The molecular weight excluding hydrogens is 420 g/mol. The summed E-state index contributed by atoms with van der Waals surface area (Å²) in [5.74, 6) is 1.40. The van der Waals surface area contributed by atoms with Crippen LogP contribution < -0.4 is 5.32 Å². The lowest BCUT2D eigenvalue weighted by molar-refractivity contribution is -0.113. The van der Waals surface area contributed by atoms with Crippen LogP contribution in [0.3, 0.4) is 0 Å².